The number of hydrogen-bond donors (Lipinski definition) is 2. The summed E-state index contributed by atoms with van der Waals surface area (Å²) in [7, 11) is 0. The number of fused-ring (bicyclic) bond motifs is 1. The topological polar surface area (TPSA) is 70.2 Å². The number of nitrogens with one attached hydrogen (secondary N) is 1. The summed E-state index contributed by atoms with van der Waals surface area (Å²) in [6, 6.07) is 4.81. The number of H-pyrrole nitrogens is 1. The number of aromatic nitrogens is 1. The molecule has 2 rings (SSSR count). The van der Waals surface area contributed by atoms with Crippen LogP contribution < -0.4 is 5.43 Å². The van der Waals surface area contributed by atoms with Crippen LogP contribution in [-0.4, -0.2) is 16.1 Å². The van der Waals surface area contributed by atoms with Crippen LogP contribution in [0.3, 0.4) is 0 Å². The number of aromatic amines is 1. The molecular formula is C13H12BrNO3. The van der Waals surface area contributed by atoms with E-state index < -0.39 is 5.97 Å². The third kappa shape index (κ3) is 2.18. The van der Waals surface area contributed by atoms with Crippen molar-refractivity contribution in [2.75, 3.05) is 0 Å². The number of carboxylic acids is 1. The van der Waals surface area contributed by atoms with Crippen molar-refractivity contribution in [3.8, 4) is 0 Å². The average Bonchev–Trinajstić information content (AvgIpc) is 2.29. The van der Waals surface area contributed by atoms with Crippen LogP contribution in [0.15, 0.2) is 27.5 Å². The fourth-order valence-electron chi connectivity index (χ4n) is 1.78. The smallest absolute Gasteiger partial charge is 0.352 e. The van der Waals surface area contributed by atoms with E-state index in [1.54, 1.807) is 6.07 Å². The van der Waals surface area contributed by atoms with Gasteiger partial charge in [0.15, 0.2) is 5.43 Å². The van der Waals surface area contributed by atoms with E-state index in [2.05, 4.69) is 20.9 Å². The maximum atomic E-state index is 11.9. The summed E-state index contributed by atoms with van der Waals surface area (Å²) in [6.45, 7) is 4.07. The van der Waals surface area contributed by atoms with Gasteiger partial charge in [0.05, 0.1) is 5.52 Å². The standard InChI is InChI=1S/C13H12BrNO3/c1-6(2)7-3-8-11(16)5-10(13(17)18)15-12(8)9(14)4-7/h3-6H,1-2H3,(H,15,16)(H,17,18). The zero-order valence-corrected chi connectivity index (χ0v) is 11.5. The number of hydrogen-bond acceptors (Lipinski definition) is 2. The van der Waals surface area contributed by atoms with Gasteiger partial charge in [-0.05, 0) is 39.5 Å². The lowest BCUT2D eigenvalue weighted by atomic mass is 10.0. The van der Waals surface area contributed by atoms with Crippen LogP contribution in [0.4, 0.5) is 0 Å². The Bertz CT molecular complexity index is 688. The molecular weight excluding hydrogens is 298 g/mol. The number of carbonyl (C=O) groups is 1. The molecule has 0 bridgehead atoms. The van der Waals surface area contributed by atoms with Crippen molar-refractivity contribution in [1.29, 1.82) is 0 Å². The Kier molecular flexibility index (Phi) is 3.26. The van der Waals surface area contributed by atoms with E-state index in [0.717, 1.165) is 11.6 Å². The third-order valence-corrected chi connectivity index (χ3v) is 3.44. The maximum absolute atomic E-state index is 11.9. The molecule has 0 saturated carbocycles. The molecule has 0 aliphatic heterocycles. The molecule has 0 aliphatic carbocycles. The van der Waals surface area contributed by atoms with Crippen molar-refractivity contribution in [2.24, 2.45) is 0 Å². The molecule has 1 heterocycles. The number of rotatable bonds is 2. The van der Waals surface area contributed by atoms with Crippen molar-refractivity contribution in [3.05, 3.63) is 44.2 Å². The molecule has 0 spiro atoms. The molecule has 4 nitrogen and oxygen atoms in total. The minimum absolute atomic E-state index is 0.106. The number of aromatic carboxylic acids is 1. The normalized spacial score (nSPS) is 11.1. The minimum Gasteiger partial charge on any atom is -0.477 e. The molecule has 2 N–H and O–H groups in total. The fraction of sp³-hybridized carbons (Fsp3) is 0.231. The Morgan fingerprint density at radius 3 is 2.56 bits per heavy atom. The highest BCUT2D eigenvalue weighted by Gasteiger charge is 2.12. The van der Waals surface area contributed by atoms with E-state index in [-0.39, 0.29) is 11.1 Å². The maximum Gasteiger partial charge on any atom is 0.352 e. The lowest BCUT2D eigenvalue weighted by Crippen LogP contribution is -2.10. The van der Waals surface area contributed by atoms with E-state index in [0.29, 0.717) is 21.3 Å². The van der Waals surface area contributed by atoms with Crippen molar-refractivity contribution < 1.29 is 9.90 Å². The van der Waals surface area contributed by atoms with Gasteiger partial charge in [-0.1, -0.05) is 13.8 Å². The molecule has 0 amide bonds. The number of carboxylic acid groups (broad SMARTS) is 1. The highest BCUT2D eigenvalue weighted by Crippen LogP contribution is 2.26. The van der Waals surface area contributed by atoms with E-state index in [9.17, 15) is 9.59 Å². The Hall–Kier alpha value is -1.62. The van der Waals surface area contributed by atoms with Crippen LogP contribution >= 0.6 is 15.9 Å². The quantitative estimate of drug-likeness (QED) is 0.895. The Morgan fingerprint density at radius 2 is 2.00 bits per heavy atom. The SMILES string of the molecule is CC(C)c1cc(Br)c2[nH]c(C(=O)O)cc(=O)c2c1. The second kappa shape index (κ2) is 4.57. The summed E-state index contributed by atoms with van der Waals surface area (Å²) in [4.78, 5) is 25.6. The zero-order chi connectivity index (χ0) is 13.4. The Morgan fingerprint density at radius 1 is 1.33 bits per heavy atom. The van der Waals surface area contributed by atoms with Gasteiger partial charge in [-0.2, -0.15) is 0 Å². The summed E-state index contributed by atoms with van der Waals surface area (Å²) in [5, 5.41) is 9.42. The largest absolute Gasteiger partial charge is 0.477 e. The van der Waals surface area contributed by atoms with Crippen LogP contribution in [0.25, 0.3) is 10.9 Å². The second-order valence-corrected chi connectivity index (χ2v) is 5.29. The van der Waals surface area contributed by atoms with Gasteiger partial charge in [0.2, 0.25) is 0 Å². The first-order valence-electron chi connectivity index (χ1n) is 5.50. The molecule has 0 fully saturated rings. The predicted molar refractivity (Wildman–Crippen MR) is 73.3 cm³/mol. The molecule has 0 aliphatic rings. The average molecular weight is 310 g/mol. The first kappa shape index (κ1) is 12.8. The van der Waals surface area contributed by atoms with E-state index in [1.807, 2.05) is 19.9 Å². The van der Waals surface area contributed by atoms with E-state index in [4.69, 9.17) is 5.11 Å². The van der Waals surface area contributed by atoms with Gasteiger partial charge < -0.3 is 10.1 Å². The van der Waals surface area contributed by atoms with Gasteiger partial charge in [-0.3, -0.25) is 4.79 Å². The Balaban J connectivity index is 2.84. The number of benzene rings is 1. The van der Waals surface area contributed by atoms with Crippen LogP contribution in [0.2, 0.25) is 0 Å². The van der Waals surface area contributed by atoms with Crippen molar-refractivity contribution >= 4 is 32.8 Å². The van der Waals surface area contributed by atoms with Gasteiger partial charge in [-0.15, -0.1) is 0 Å². The van der Waals surface area contributed by atoms with E-state index in [1.165, 1.54) is 0 Å². The third-order valence-electron chi connectivity index (χ3n) is 2.81. The van der Waals surface area contributed by atoms with Crippen molar-refractivity contribution in [3.63, 3.8) is 0 Å². The molecule has 18 heavy (non-hydrogen) atoms. The fourth-order valence-corrected chi connectivity index (χ4v) is 2.35. The molecule has 1 aromatic carbocycles. The highest BCUT2D eigenvalue weighted by atomic mass is 79.9. The zero-order valence-electron chi connectivity index (χ0n) is 9.95. The van der Waals surface area contributed by atoms with Crippen LogP contribution in [0.5, 0.6) is 0 Å². The molecule has 0 radical (unpaired) electrons. The summed E-state index contributed by atoms with van der Waals surface area (Å²) >= 11 is 3.37. The van der Waals surface area contributed by atoms with Crippen LogP contribution in [-0.2, 0) is 0 Å². The number of halogens is 1. The summed E-state index contributed by atoms with van der Waals surface area (Å²) in [5.74, 6) is -0.849. The monoisotopic (exact) mass is 309 g/mol. The predicted octanol–water partition coefficient (Wildman–Crippen LogP) is 3.11. The van der Waals surface area contributed by atoms with Crippen molar-refractivity contribution in [2.45, 2.75) is 19.8 Å². The second-order valence-electron chi connectivity index (χ2n) is 4.43. The van der Waals surface area contributed by atoms with Crippen molar-refractivity contribution in [1.82, 2.24) is 4.98 Å². The van der Waals surface area contributed by atoms with Gasteiger partial charge in [-0.25, -0.2) is 4.79 Å². The lowest BCUT2D eigenvalue weighted by molar-refractivity contribution is 0.0691. The molecule has 0 unspecified atom stereocenters. The first-order chi connectivity index (χ1) is 8.40. The summed E-state index contributed by atoms with van der Waals surface area (Å²) in [6.07, 6.45) is 0. The summed E-state index contributed by atoms with van der Waals surface area (Å²) in [5.41, 5.74) is 1.15. The Labute approximate surface area is 112 Å². The van der Waals surface area contributed by atoms with Gasteiger partial charge in [0.1, 0.15) is 5.69 Å². The van der Waals surface area contributed by atoms with E-state index >= 15 is 0 Å². The van der Waals surface area contributed by atoms with Gasteiger partial charge in [0.25, 0.3) is 0 Å². The minimum atomic E-state index is -1.14. The molecule has 1 aromatic heterocycles. The summed E-state index contributed by atoms with van der Waals surface area (Å²) < 4.78 is 0.698. The van der Waals surface area contributed by atoms with Crippen LogP contribution in [0.1, 0.15) is 35.8 Å². The molecule has 0 saturated heterocycles. The van der Waals surface area contributed by atoms with Crippen LogP contribution in [0, 0.1) is 0 Å². The number of pyridine rings is 1. The molecule has 2 aromatic rings. The van der Waals surface area contributed by atoms with Gasteiger partial charge >= 0.3 is 5.97 Å². The molecule has 5 heteroatoms. The molecule has 94 valence electrons. The molecule has 0 atom stereocenters. The van der Waals surface area contributed by atoms with Gasteiger partial charge in [0, 0.05) is 15.9 Å². The first-order valence-corrected chi connectivity index (χ1v) is 6.29. The lowest BCUT2D eigenvalue weighted by Gasteiger charge is -2.09. The highest BCUT2D eigenvalue weighted by molar-refractivity contribution is 9.10.